The summed E-state index contributed by atoms with van der Waals surface area (Å²) in [7, 11) is 0. The molecule has 2 bridgehead atoms. The van der Waals surface area contributed by atoms with Crippen LogP contribution in [-0.2, 0) is 36.9 Å². The lowest BCUT2D eigenvalue weighted by atomic mass is 10.1. The van der Waals surface area contributed by atoms with Gasteiger partial charge in [0.2, 0.25) is 0 Å². The first-order valence-corrected chi connectivity index (χ1v) is 11.8. The van der Waals surface area contributed by atoms with E-state index in [-0.39, 0.29) is 6.10 Å². The summed E-state index contributed by atoms with van der Waals surface area (Å²) in [6.45, 7) is 7.11. The topological polar surface area (TPSA) is 61.9 Å². The minimum atomic E-state index is 0.108. The third-order valence-electron chi connectivity index (χ3n) is 4.98. The van der Waals surface area contributed by atoms with E-state index < -0.39 is 0 Å². The zero-order chi connectivity index (χ0) is 21.3. The van der Waals surface area contributed by atoms with Crippen LogP contribution in [0.4, 0.5) is 0 Å². The molecule has 0 spiro atoms. The van der Waals surface area contributed by atoms with E-state index in [0.29, 0.717) is 59.5 Å². The molecule has 1 aliphatic rings. The second-order valence-electron chi connectivity index (χ2n) is 7.71. The molecule has 7 heteroatoms. The van der Waals surface area contributed by atoms with Gasteiger partial charge in [-0.25, -0.2) is 0 Å². The molecule has 0 fully saturated rings. The van der Waals surface area contributed by atoms with Gasteiger partial charge in [-0.1, -0.05) is 57.7 Å². The standard InChI is InChI=1S/C23H39NO5S/c1-2-3-4-5-6-7-8-22-19-28-12-10-25-9-11-26-17-20-15-23(30)16-21(24-20)18-27-13-14-29-22/h15-16,22H,2-14,17-19H2,1H3,(H,24,30). The molecule has 0 aromatic carbocycles. The molecule has 0 saturated heterocycles. The maximum absolute atomic E-state index is 6.05. The van der Waals surface area contributed by atoms with E-state index in [0.717, 1.165) is 22.3 Å². The molecular formula is C23H39NO5S. The maximum atomic E-state index is 6.05. The van der Waals surface area contributed by atoms with Crippen LogP contribution in [0.15, 0.2) is 12.1 Å². The summed E-state index contributed by atoms with van der Waals surface area (Å²) in [4.78, 5) is 3.33. The molecule has 2 heterocycles. The molecule has 0 aliphatic carbocycles. The van der Waals surface area contributed by atoms with E-state index in [2.05, 4.69) is 11.9 Å². The number of nitrogens with one attached hydrogen (secondary N) is 1. The Morgan fingerprint density at radius 3 is 2.13 bits per heavy atom. The number of hydrogen-bond donors (Lipinski definition) is 1. The fraction of sp³-hybridized carbons (Fsp3) is 0.783. The number of ether oxygens (including phenoxy) is 5. The van der Waals surface area contributed by atoms with Crippen molar-refractivity contribution < 1.29 is 23.7 Å². The number of unbranched alkanes of at least 4 members (excludes halogenated alkanes) is 5. The Kier molecular flexibility index (Phi) is 14.3. The molecule has 6 nitrogen and oxygen atoms in total. The van der Waals surface area contributed by atoms with E-state index in [1.54, 1.807) is 0 Å². The molecule has 1 aromatic heterocycles. The van der Waals surface area contributed by atoms with Crippen LogP contribution in [0.3, 0.4) is 0 Å². The molecule has 30 heavy (non-hydrogen) atoms. The van der Waals surface area contributed by atoms with Crippen LogP contribution in [0.1, 0.15) is 63.3 Å². The highest BCUT2D eigenvalue weighted by molar-refractivity contribution is 7.71. The fourth-order valence-corrected chi connectivity index (χ4v) is 3.66. The molecule has 2 rings (SSSR count). The second-order valence-corrected chi connectivity index (χ2v) is 8.18. The molecule has 172 valence electrons. The number of aromatic nitrogens is 1. The van der Waals surface area contributed by atoms with E-state index in [9.17, 15) is 0 Å². The molecule has 1 aliphatic heterocycles. The average molecular weight is 442 g/mol. The van der Waals surface area contributed by atoms with Crippen molar-refractivity contribution in [3.63, 3.8) is 0 Å². The normalized spacial score (nSPS) is 20.4. The van der Waals surface area contributed by atoms with E-state index in [1.165, 1.54) is 38.5 Å². The molecule has 0 amide bonds. The summed E-state index contributed by atoms with van der Waals surface area (Å²) in [5.41, 5.74) is 1.89. The first-order chi connectivity index (χ1) is 14.8. The number of aromatic amines is 1. The summed E-state index contributed by atoms with van der Waals surface area (Å²) in [6, 6.07) is 3.85. The number of rotatable bonds is 7. The maximum Gasteiger partial charge on any atom is 0.0867 e. The predicted octanol–water partition coefficient (Wildman–Crippen LogP) is 4.96. The molecule has 1 aromatic rings. The Morgan fingerprint density at radius 1 is 0.800 bits per heavy atom. The van der Waals surface area contributed by atoms with Crippen LogP contribution < -0.4 is 0 Å². The fourth-order valence-electron chi connectivity index (χ4n) is 3.38. The van der Waals surface area contributed by atoms with Crippen LogP contribution >= 0.6 is 12.2 Å². The highest BCUT2D eigenvalue weighted by Crippen LogP contribution is 2.11. The van der Waals surface area contributed by atoms with Crippen molar-refractivity contribution in [3.8, 4) is 0 Å². The summed E-state index contributed by atoms with van der Waals surface area (Å²) >= 11 is 5.35. The third-order valence-corrected chi connectivity index (χ3v) is 5.21. The summed E-state index contributed by atoms with van der Waals surface area (Å²) in [5.74, 6) is 0. The molecule has 1 atom stereocenters. The van der Waals surface area contributed by atoms with Crippen LogP contribution in [0.5, 0.6) is 0 Å². The quantitative estimate of drug-likeness (QED) is 0.477. The lowest BCUT2D eigenvalue weighted by molar-refractivity contribution is -0.0557. The number of hydrogen-bond acceptors (Lipinski definition) is 6. The van der Waals surface area contributed by atoms with Crippen molar-refractivity contribution in [2.45, 2.75) is 71.2 Å². The SMILES string of the molecule is CCCCCCCCC1COCCOCCOCc2cc(=S)cc([nH]2)COCCO1. The Labute approximate surface area is 186 Å². The van der Waals surface area contributed by atoms with Gasteiger partial charge in [0.1, 0.15) is 0 Å². The van der Waals surface area contributed by atoms with Gasteiger partial charge in [-0.15, -0.1) is 0 Å². The van der Waals surface area contributed by atoms with Gasteiger partial charge >= 0.3 is 0 Å². The summed E-state index contributed by atoms with van der Waals surface area (Å²) < 4.78 is 29.7. The minimum Gasteiger partial charge on any atom is -0.377 e. The Balaban J connectivity index is 1.79. The second kappa shape index (κ2) is 16.8. The smallest absolute Gasteiger partial charge is 0.0867 e. The Hall–Kier alpha value is -0.830. The van der Waals surface area contributed by atoms with Gasteiger partial charge < -0.3 is 28.7 Å². The van der Waals surface area contributed by atoms with Gasteiger partial charge in [-0.3, -0.25) is 0 Å². The van der Waals surface area contributed by atoms with Crippen molar-refractivity contribution in [1.82, 2.24) is 4.98 Å². The number of pyridine rings is 1. The van der Waals surface area contributed by atoms with Gasteiger partial charge in [-0.05, 0) is 18.6 Å². The largest absolute Gasteiger partial charge is 0.377 e. The van der Waals surface area contributed by atoms with Crippen LogP contribution in [0, 0.1) is 4.51 Å². The van der Waals surface area contributed by atoms with Gasteiger partial charge in [0.25, 0.3) is 0 Å². The van der Waals surface area contributed by atoms with Gasteiger partial charge in [0.15, 0.2) is 0 Å². The van der Waals surface area contributed by atoms with Crippen molar-refractivity contribution in [1.29, 1.82) is 0 Å². The van der Waals surface area contributed by atoms with Crippen LogP contribution in [-0.4, -0.2) is 57.3 Å². The average Bonchev–Trinajstić information content (AvgIpc) is 2.73. The summed E-state index contributed by atoms with van der Waals surface area (Å²) in [6.07, 6.45) is 8.82. The van der Waals surface area contributed by atoms with Gasteiger partial charge in [-0.2, -0.15) is 0 Å². The van der Waals surface area contributed by atoms with Gasteiger partial charge in [0.05, 0.1) is 65.6 Å². The molecular weight excluding hydrogens is 402 g/mol. The highest BCUT2D eigenvalue weighted by atomic mass is 32.1. The third kappa shape index (κ3) is 12.1. The van der Waals surface area contributed by atoms with Crippen LogP contribution in [0.2, 0.25) is 0 Å². The first kappa shape index (κ1) is 25.4. The summed E-state index contributed by atoms with van der Waals surface area (Å²) in [5, 5.41) is 0. The minimum absolute atomic E-state index is 0.108. The predicted molar refractivity (Wildman–Crippen MR) is 120 cm³/mol. The molecule has 1 N–H and O–H groups in total. The van der Waals surface area contributed by atoms with Gasteiger partial charge in [0, 0.05) is 15.9 Å². The molecule has 1 unspecified atom stereocenters. The lowest BCUT2D eigenvalue weighted by Crippen LogP contribution is -2.23. The first-order valence-electron chi connectivity index (χ1n) is 11.4. The Bertz CT molecular complexity index is 610. The number of H-pyrrole nitrogens is 1. The zero-order valence-corrected chi connectivity index (χ0v) is 19.3. The zero-order valence-electron chi connectivity index (χ0n) is 18.5. The van der Waals surface area contributed by atoms with Crippen LogP contribution in [0.25, 0.3) is 0 Å². The van der Waals surface area contributed by atoms with E-state index in [1.807, 2.05) is 12.1 Å². The monoisotopic (exact) mass is 441 g/mol. The van der Waals surface area contributed by atoms with Crippen molar-refractivity contribution in [2.75, 3.05) is 46.2 Å². The molecule has 0 saturated carbocycles. The van der Waals surface area contributed by atoms with Crippen molar-refractivity contribution >= 4 is 12.2 Å². The van der Waals surface area contributed by atoms with E-state index >= 15 is 0 Å². The Morgan fingerprint density at radius 2 is 1.40 bits per heavy atom. The lowest BCUT2D eigenvalue weighted by Gasteiger charge is -2.18. The highest BCUT2D eigenvalue weighted by Gasteiger charge is 2.10. The molecule has 0 radical (unpaired) electrons. The number of fused-ring (bicyclic) bond motifs is 2. The van der Waals surface area contributed by atoms with Crippen molar-refractivity contribution in [2.24, 2.45) is 0 Å². The van der Waals surface area contributed by atoms with Crippen molar-refractivity contribution in [3.05, 3.63) is 28.0 Å². The van der Waals surface area contributed by atoms with E-state index in [4.69, 9.17) is 35.9 Å².